The first-order valence-electron chi connectivity index (χ1n) is 9.50. The Morgan fingerprint density at radius 2 is 1.88 bits per heavy atom. The van der Waals surface area contributed by atoms with Crippen molar-refractivity contribution in [2.45, 2.75) is 39.7 Å². The second kappa shape index (κ2) is 9.19. The Morgan fingerprint density at radius 3 is 2.54 bits per heavy atom. The molecule has 5 heteroatoms. The number of furan rings is 1. The van der Waals surface area contributed by atoms with Crippen molar-refractivity contribution in [1.82, 2.24) is 9.80 Å². The van der Waals surface area contributed by atoms with Crippen LogP contribution in [0.4, 0.5) is 5.69 Å². The van der Waals surface area contributed by atoms with E-state index in [0.29, 0.717) is 6.54 Å². The smallest absolute Gasteiger partial charge is 0.173 e. The minimum Gasteiger partial charge on any atom is -0.467 e. The van der Waals surface area contributed by atoms with Gasteiger partial charge in [-0.1, -0.05) is 18.2 Å². The van der Waals surface area contributed by atoms with Crippen LogP contribution in [-0.4, -0.2) is 41.1 Å². The van der Waals surface area contributed by atoms with E-state index >= 15 is 0 Å². The summed E-state index contributed by atoms with van der Waals surface area (Å²) in [6.07, 6.45) is 5.50. The van der Waals surface area contributed by atoms with Gasteiger partial charge in [-0.15, -0.1) is 0 Å². The third-order valence-corrected chi connectivity index (χ3v) is 5.39. The van der Waals surface area contributed by atoms with Crippen LogP contribution in [0.3, 0.4) is 0 Å². The average Bonchev–Trinajstić information content (AvgIpc) is 3.31. The van der Waals surface area contributed by atoms with E-state index in [0.717, 1.165) is 36.1 Å². The molecule has 1 N–H and O–H groups in total. The van der Waals surface area contributed by atoms with Crippen LogP contribution in [0.25, 0.3) is 0 Å². The number of thiocarbonyl (C=S) groups is 1. The van der Waals surface area contributed by atoms with Gasteiger partial charge in [0, 0.05) is 12.2 Å². The molecule has 0 bridgehead atoms. The first kappa shape index (κ1) is 18.9. The number of para-hydroxylation sites is 1. The van der Waals surface area contributed by atoms with Crippen LogP contribution in [0.15, 0.2) is 41.0 Å². The molecule has 1 aliphatic rings. The number of aryl methyl sites for hydroxylation is 2. The SMILES string of the molecule is Cc1cccc(C)c1NC(=S)N(CCCN1CCCC1)Cc1ccco1. The van der Waals surface area contributed by atoms with Gasteiger partial charge in [0.05, 0.1) is 12.8 Å². The minimum absolute atomic E-state index is 0.698. The standard InChI is InChI=1S/C21H29N3OS/c1-17-8-5-9-18(2)20(17)22-21(26)24(16-19-10-6-15-25-19)14-7-13-23-11-3-4-12-23/h5-6,8-10,15H,3-4,7,11-14,16H2,1-2H3,(H,22,26). The van der Waals surface area contributed by atoms with Gasteiger partial charge in [0.15, 0.2) is 5.11 Å². The fraction of sp³-hybridized carbons (Fsp3) is 0.476. The normalized spacial score (nSPS) is 14.5. The van der Waals surface area contributed by atoms with E-state index in [1.54, 1.807) is 6.26 Å². The van der Waals surface area contributed by atoms with E-state index in [9.17, 15) is 0 Å². The van der Waals surface area contributed by atoms with Gasteiger partial charge in [-0.05, 0) is 88.2 Å². The van der Waals surface area contributed by atoms with Gasteiger partial charge in [0.1, 0.15) is 5.76 Å². The first-order valence-corrected chi connectivity index (χ1v) is 9.91. The van der Waals surface area contributed by atoms with E-state index in [4.69, 9.17) is 16.6 Å². The molecule has 0 saturated carbocycles. The molecule has 0 atom stereocenters. The Hall–Kier alpha value is -1.85. The summed E-state index contributed by atoms with van der Waals surface area (Å²) in [5, 5.41) is 4.24. The van der Waals surface area contributed by atoms with E-state index in [2.05, 4.69) is 47.2 Å². The number of hydrogen-bond acceptors (Lipinski definition) is 3. The number of anilines is 1. The van der Waals surface area contributed by atoms with Crippen molar-refractivity contribution in [2.24, 2.45) is 0 Å². The lowest BCUT2D eigenvalue weighted by Crippen LogP contribution is -2.36. The van der Waals surface area contributed by atoms with Crippen LogP contribution < -0.4 is 5.32 Å². The molecule has 3 rings (SSSR count). The van der Waals surface area contributed by atoms with Crippen molar-refractivity contribution >= 4 is 23.0 Å². The average molecular weight is 372 g/mol. The lowest BCUT2D eigenvalue weighted by atomic mass is 10.1. The van der Waals surface area contributed by atoms with Crippen molar-refractivity contribution in [1.29, 1.82) is 0 Å². The molecule has 140 valence electrons. The second-order valence-corrected chi connectivity index (χ2v) is 7.49. The molecule has 1 fully saturated rings. The molecule has 0 unspecified atom stereocenters. The Labute approximate surface area is 162 Å². The third-order valence-electron chi connectivity index (χ3n) is 5.03. The van der Waals surface area contributed by atoms with Gasteiger partial charge in [0.2, 0.25) is 0 Å². The zero-order chi connectivity index (χ0) is 18.4. The number of likely N-dealkylation sites (tertiary alicyclic amines) is 1. The minimum atomic E-state index is 0.698. The third kappa shape index (κ3) is 5.08. The van der Waals surface area contributed by atoms with Gasteiger partial charge in [-0.2, -0.15) is 0 Å². The quantitative estimate of drug-likeness (QED) is 0.720. The van der Waals surface area contributed by atoms with Crippen molar-refractivity contribution in [2.75, 3.05) is 31.5 Å². The molecular weight excluding hydrogens is 342 g/mol. The summed E-state index contributed by atoms with van der Waals surface area (Å²) in [5.74, 6) is 0.942. The van der Waals surface area contributed by atoms with Crippen LogP contribution in [0.1, 0.15) is 36.1 Å². The Morgan fingerprint density at radius 1 is 1.15 bits per heavy atom. The molecule has 1 aromatic carbocycles. The molecule has 2 heterocycles. The summed E-state index contributed by atoms with van der Waals surface area (Å²) in [6, 6.07) is 10.2. The molecule has 26 heavy (non-hydrogen) atoms. The monoisotopic (exact) mass is 371 g/mol. The Kier molecular flexibility index (Phi) is 6.69. The molecule has 0 aliphatic carbocycles. The fourth-order valence-corrected chi connectivity index (χ4v) is 3.79. The maximum atomic E-state index is 5.76. The summed E-state index contributed by atoms with van der Waals surface area (Å²) in [5.41, 5.74) is 3.53. The highest BCUT2D eigenvalue weighted by Gasteiger charge is 2.16. The van der Waals surface area contributed by atoms with E-state index in [1.165, 1.54) is 37.1 Å². The van der Waals surface area contributed by atoms with E-state index < -0.39 is 0 Å². The largest absolute Gasteiger partial charge is 0.467 e. The molecular formula is C21H29N3OS. The zero-order valence-corrected chi connectivity index (χ0v) is 16.6. The Bertz CT molecular complexity index is 688. The molecule has 2 aromatic rings. The van der Waals surface area contributed by atoms with E-state index in [1.807, 2.05) is 12.1 Å². The molecule has 1 aromatic heterocycles. The number of nitrogens with one attached hydrogen (secondary N) is 1. The van der Waals surface area contributed by atoms with Crippen molar-refractivity contribution in [3.63, 3.8) is 0 Å². The summed E-state index contributed by atoms with van der Waals surface area (Å²) in [6.45, 7) is 9.47. The van der Waals surface area contributed by atoms with Crippen molar-refractivity contribution in [3.05, 3.63) is 53.5 Å². The highest BCUT2D eigenvalue weighted by molar-refractivity contribution is 7.80. The summed E-state index contributed by atoms with van der Waals surface area (Å²) < 4.78 is 5.55. The van der Waals surface area contributed by atoms with Crippen LogP contribution in [0, 0.1) is 13.8 Å². The number of benzene rings is 1. The van der Waals surface area contributed by atoms with Crippen LogP contribution in [0.5, 0.6) is 0 Å². The molecule has 4 nitrogen and oxygen atoms in total. The van der Waals surface area contributed by atoms with E-state index in [-0.39, 0.29) is 0 Å². The molecule has 1 aliphatic heterocycles. The molecule has 1 saturated heterocycles. The van der Waals surface area contributed by atoms with Crippen molar-refractivity contribution < 1.29 is 4.42 Å². The molecule has 0 spiro atoms. The molecule has 0 radical (unpaired) electrons. The van der Waals surface area contributed by atoms with Gasteiger partial charge < -0.3 is 19.5 Å². The number of hydrogen-bond donors (Lipinski definition) is 1. The second-order valence-electron chi connectivity index (χ2n) is 7.10. The fourth-order valence-electron chi connectivity index (χ4n) is 3.53. The maximum Gasteiger partial charge on any atom is 0.173 e. The topological polar surface area (TPSA) is 31.6 Å². The van der Waals surface area contributed by atoms with Crippen LogP contribution in [0.2, 0.25) is 0 Å². The first-order chi connectivity index (χ1) is 12.6. The number of rotatable bonds is 7. The summed E-state index contributed by atoms with van der Waals surface area (Å²) in [4.78, 5) is 4.77. The van der Waals surface area contributed by atoms with Gasteiger partial charge >= 0.3 is 0 Å². The molecule has 0 amide bonds. The van der Waals surface area contributed by atoms with Crippen LogP contribution >= 0.6 is 12.2 Å². The van der Waals surface area contributed by atoms with Crippen LogP contribution in [-0.2, 0) is 6.54 Å². The highest BCUT2D eigenvalue weighted by Crippen LogP contribution is 2.20. The predicted octanol–water partition coefficient (Wildman–Crippen LogP) is 4.58. The lowest BCUT2D eigenvalue weighted by Gasteiger charge is -2.27. The summed E-state index contributed by atoms with van der Waals surface area (Å²) >= 11 is 5.76. The Balaban J connectivity index is 1.63. The summed E-state index contributed by atoms with van der Waals surface area (Å²) in [7, 11) is 0. The number of nitrogens with zero attached hydrogens (tertiary/aromatic N) is 2. The van der Waals surface area contributed by atoms with Gasteiger partial charge in [-0.25, -0.2) is 0 Å². The maximum absolute atomic E-state index is 5.76. The lowest BCUT2D eigenvalue weighted by molar-refractivity contribution is 0.298. The van der Waals surface area contributed by atoms with Gasteiger partial charge in [-0.3, -0.25) is 0 Å². The highest BCUT2D eigenvalue weighted by atomic mass is 32.1. The zero-order valence-electron chi connectivity index (χ0n) is 15.8. The van der Waals surface area contributed by atoms with Gasteiger partial charge in [0.25, 0.3) is 0 Å². The predicted molar refractivity (Wildman–Crippen MR) is 112 cm³/mol. The van der Waals surface area contributed by atoms with Crippen molar-refractivity contribution in [3.8, 4) is 0 Å².